The van der Waals surface area contributed by atoms with Gasteiger partial charge in [0.2, 0.25) is 11.8 Å². The molecule has 0 saturated heterocycles. The minimum Gasteiger partial charge on any atom is -0.354 e. The van der Waals surface area contributed by atoms with Gasteiger partial charge in [-0.15, -0.1) is 0 Å². The minimum atomic E-state index is -4.12. The number of hydrogen-bond donors (Lipinski definition) is 1. The summed E-state index contributed by atoms with van der Waals surface area (Å²) < 4.78 is 29.3. The normalized spacial score (nSPS) is 11.9. The van der Waals surface area contributed by atoms with E-state index in [0.717, 1.165) is 39.4 Å². The quantitative estimate of drug-likeness (QED) is 0.176. The fourth-order valence-electron chi connectivity index (χ4n) is 4.92. The van der Waals surface area contributed by atoms with Crippen LogP contribution in [0.25, 0.3) is 0 Å². The number of nitrogens with one attached hydrogen (secondary N) is 1. The summed E-state index contributed by atoms with van der Waals surface area (Å²) in [5.74, 6) is -0.744. The van der Waals surface area contributed by atoms with Crippen LogP contribution in [0.5, 0.6) is 0 Å². The highest BCUT2D eigenvalue weighted by Crippen LogP contribution is 2.26. The summed E-state index contributed by atoms with van der Waals surface area (Å²) in [5.41, 5.74) is 4.00. The van der Waals surface area contributed by atoms with Crippen molar-refractivity contribution in [1.82, 2.24) is 10.2 Å². The van der Waals surface area contributed by atoms with Crippen LogP contribution < -0.4 is 9.62 Å². The van der Waals surface area contributed by atoms with Gasteiger partial charge in [-0.2, -0.15) is 0 Å². The highest BCUT2D eigenvalue weighted by atomic mass is 32.2. The summed E-state index contributed by atoms with van der Waals surface area (Å²) >= 11 is 0. The van der Waals surface area contributed by atoms with Gasteiger partial charge >= 0.3 is 0 Å². The molecule has 0 bridgehead atoms. The van der Waals surface area contributed by atoms with Crippen molar-refractivity contribution in [2.24, 2.45) is 0 Å². The summed E-state index contributed by atoms with van der Waals surface area (Å²) in [6.45, 7) is 6.01. The first kappa shape index (κ1) is 32.5. The highest BCUT2D eigenvalue weighted by molar-refractivity contribution is 7.92. The molecule has 44 heavy (non-hydrogen) atoms. The maximum Gasteiger partial charge on any atom is 0.264 e. The molecule has 0 aliphatic carbocycles. The first-order valence-electron chi connectivity index (χ1n) is 15.0. The lowest BCUT2D eigenvalue weighted by Crippen LogP contribution is -2.53. The molecule has 7 nitrogen and oxygen atoms in total. The van der Waals surface area contributed by atoms with Gasteiger partial charge in [-0.3, -0.25) is 13.9 Å². The van der Waals surface area contributed by atoms with Gasteiger partial charge in [0.05, 0.1) is 10.6 Å². The van der Waals surface area contributed by atoms with E-state index in [1.807, 2.05) is 93.6 Å². The third-order valence-electron chi connectivity index (χ3n) is 7.51. The zero-order valence-corrected chi connectivity index (χ0v) is 26.5. The van der Waals surface area contributed by atoms with Gasteiger partial charge < -0.3 is 10.2 Å². The number of carbonyl (C=O) groups is 2. The number of hydrogen-bond acceptors (Lipinski definition) is 4. The van der Waals surface area contributed by atoms with Gasteiger partial charge in [0.15, 0.2) is 0 Å². The van der Waals surface area contributed by atoms with Gasteiger partial charge in [-0.05, 0) is 55.7 Å². The molecule has 8 heteroatoms. The fourth-order valence-corrected chi connectivity index (χ4v) is 6.33. The van der Waals surface area contributed by atoms with Crippen LogP contribution in [0.1, 0.15) is 42.0 Å². The second-order valence-corrected chi connectivity index (χ2v) is 12.9. The molecular formula is C36H41N3O4S. The molecule has 0 spiro atoms. The molecule has 1 atom stereocenters. The van der Waals surface area contributed by atoms with Gasteiger partial charge in [0, 0.05) is 19.5 Å². The maximum absolute atomic E-state index is 14.4. The number of benzene rings is 4. The number of unbranched alkanes of at least 4 members (excludes halogenated alkanes) is 1. The first-order valence-corrected chi connectivity index (χ1v) is 16.4. The molecule has 4 aromatic rings. The number of anilines is 1. The van der Waals surface area contributed by atoms with Crippen LogP contribution in [0.3, 0.4) is 0 Å². The monoisotopic (exact) mass is 611 g/mol. The summed E-state index contributed by atoms with van der Waals surface area (Å²) in [5, 5.41) is 3.01. The van der Waals surface area contributed by atoms with Crippen molar-refractivity contribution >= 4 is 27.5 Å². The molecule has 0 fully saturated rings. The van der Waals surface area contributed by atoms with Crippen molar-refractivity contribution < 1.29 is 18.0 Å². The Morgan fingerprint density at radius 1 is 0.750 bits per heavy atom. The lowest BCUT2D eigenvalue weighted by atomic mass is 10.0. The SMILES string of the molecule is CCCCNC(=O)[C@H](Cc1ccccc1)N(Cc1ccccc1)C(=O)CN(c1ccc(C)cc1)S(=O)(=O)c1ccc(C)cc1. The average Bonchev–Trinajstić information content (AvgIpc) is 3.03. The van der Waals surface area contributed by atoms with E-state index in [0.29, 0.717) is 12.2 Å². The predicted molar refractivity (Wildman–Crippen MR) is 176 cm³/mol. The van der Waals surface area contributed by atoms with Crippen LogP contribution in [-0.4, -0.2) is 44.3 Å². The van der Waals surface area contributed by atoms with E-state index >= 15 is 0 Å². The molecule has 1 N–H and O–H groups in total. The molecule has 0 heterocycles. The molecule has 0 aliphatic heterocycles. The van der Waals surface area contributed by atoms with E-state index in [2.05, 4.69) is 5.32 Å². The van der Waals surface area contributed by atoms with Gasteiger partial charge in [0.1, 0.15) is 12.6 Å². The average molecular weight is 612 g/mol. The largest absolute Gasteiger partial charge is 0.354 e. The highest BCUT2D eigenvalue weighted by Gasteiger charge is 2.34. The summed E-state index contributed by atoms with van der Waals surface area (Å²) in [4.78, 5) is 29.8. The lowest BCUT2D eigenvalue weighted by Gasteiger charge is -2.34. The first-order chi connectivity index (χ1) is 21.2. The number of rotatable bonds is 14. The number of amides is 2. The van der Waals surface area contributed by atoms with Crippen molar-refractivity contribution in [2.45, 2.75) is 57.5 Å². The minimum absolute atomic E-state index is 0.0872. The molecule has 0 aliphatic rings. The van der Waals surface area contributed by atoms with E-state index in [9.17, 15) is 18.0 Å². The number of aryl methyl sites for hydroxylation is 2. The van der Waals surface area contributed by atoms with E-state index in [4.69, 9.17) is 0 Å². The van der Waals surface area contributed by atoms with E-state index in [1.54, 1.807) is 36.4 Å². The van der Waals surface area contributed by atoms with Crippen molar-refractivity contribution in [3.63, 3.8) is 0 Å². The lowest BCUT2D eigenvalue weighted by molar-refractivity contribution is -0.140. The third-order valence-corrected chi connectivity index (χ3v) is 9.29. The zero-order chi connectivity index (χ0) is 31.5. The Balaban J connectivity index is 1.77. The summed E-state index contributed by atoms with van der Waals surface area (Å²) in [6.07, 6.45) is 2.01. The second-order valence-electron chi connectivity index (χ2n) is 11.0. The maximum atomic E-state index is 14.4. The third kappa shape index (κ3) is 8.57. The van der Waals surface area contributed by atoms with E-state index in [1.165, 1.54) is 4.90 Å². The molecular weight excluding hydrogens is 570 g/mol. The van der Waals surface area contributed by atoms with Crippen LogP contribution >= 0.6 is 0 Å². The molecule has 0 saturated carbocycles. The van der Waals surface area contributed by atoms with E-state index < -0.39 is 28.5 Å². The van der Waals surface area contributed by atoms with Crippen LogP contribution in [-0.2, 0) is 32.6 Å². The Morgan fingerprint density at radius 3 is 1.86 bits per heavy atom. The Bertz CT molecular complexity index is 1610. The van der Waals surface area contributed by atoms with E-state index in [-0.39, 0.29) is 23.8 Å². The summed E-state index contributed by atoms with van der Waals surface area (Å²) in [6, 6.07) is 31.8. The van der Waals surface area contributed by atoms with Crippen molar-refractivity contribution in [3.05, 3.63) is 131 Å². The van der Waals surface area contributed by atoms with Crippen molar-refractivity contribution in [3.8, 4) is 0 Å². The van der Waals surface area contributed by atoms with Crippen LogP contribution in [0.15, 0.2) is 114 Å². The van der Waals surface area contributed by atoms with Crippen LogP contribution in [0.2, 0.25) is 0 Å². The smallest absolute Gasteiger partial charge is 0.264 e. The number of sulfonamides is 1. The Labute approximate surface area is 261 Å². The van der Waals surface area contributed by atoms with Gasteiger partial charge in [-0.25, -0.2) is 8.42 Å². The fraction of sp³-hybridized carbons (Fsp3) is 0.278. The van der Waals surface area contributed by atoms with Crippen molar-refractivity contribution in [2.75, 3.05) is 17.4 Å². The second kappa shape index (κ2) is 15.3. The Morgan fingerprint density at radius 2 is 1.30 bits per heavy atom. The Hall–Kier alpha value is -4.43. The zero-order valence-electron chi connectivity index (χ0n) is 25.6. The van der Waals surface area contributed by atoms with Crippen molar-refractivity contribution in [1.29, 1.82) is 0 Å². The number of carbonyl (C=O) groups excluding carboxylic acids is 2. The Kier molecular flexibility index (Phi) is 11.3. The molecule has 0 radical (unpaired) electrons. The standard InChI is InChI=1S/C36H41N3O4S/c1-4-5-24-37-36(41)34(25-30-12-8-6-9-13-30)38(26-31-14-10-7-11-15-31)35(40)27-39(32-20-16-28(2)17-21-32)44(42,43)33-22-18-29(3)19-23-33/h6-23,34H,4-5,24-27H2,1-3H3,(H,37,41)/t34-/m0/s1. The molecule has 0 aromatic heterocycles. The predicted octanol–water partition coefficient (Wildman–Crippen LogP) is 6.06. The number of nitrogens with zero attached hydrogens (tertiary/aromatic N) is 2. The van der Waals surface area contributed by atoms with Gasteiger partial charge in [-0.1, -0.05) is 109 Å². The summed E-state index contributed by atoms with van der Waals surface area (Å²) in [7, 11) is -4.12. The molecule has 230 valence electrons. The molecule has 0 unspecified atom stereocenters. The van der Waals surface area contributed by atoms with Crippen LogP contribution in [0.4, 0.5) is 5.69 Å². The molecule has 2 amide bonds. The molecule has 4 aromatic carbocycles. The van der Waals surface area contributed by atoms with Gasteiger partial charge in [0.25, 0.3) is 10.0 Å². The van der Waals surface area contributed by atoms with Crippen LogP contribution in [0, 0.1) is 13.8 Å². The topological polar surface area (TPSA) is 86.8 Å². The molecule has 4 rings (SSSR count).